The first-order valence-electron chi connectivity index (χ1n) is 6.36. The number of hydrogen-bond acceptors (Lipinski definition) is 5. The van der Waals surface area contributed by atoms with Gasteiger partial charge in [-0.05, 0) is 18.6 Å². The number of nitrogens with zero attached hydrogens (tertiary/aromatic N) is 3. The van der Waals surface area contributed by atoms with Gasteiger partial charge in [-0.2, -0.15) is 0 Å². The zero-order valence-corrected chi connectivity index (χ0v) is 13.1. The van der Waals surface area contributed by atoms with E-state index in [1.54, 1.807) is 19.1 Å². The Hall–Kier alpha value is -2.03. The van der Waals surface area contributed by atoms with Crippen LogP contribution in [-0.4, -0.2) is 28.4 Å². The molecular formula is C13H12ClN5O2S. The van der Waals surface area contributed by atoms with Gasteiger partial charge in [-0.25, -0.2) is 28.1 Å². The highest BCUT2D eigenvalue weighted by Gasteiger charge is 2.19. The van der Waals surface area contributed by atoms with Crippen molar-refractivity contribution in [3.63, 3.8) is 0 Å². The van der Waals surface area contributed by atoms with E-state index in [9.17, 15) is 8.42 Å². The minimum Gasteiger partial charge on any atom is -0.345 e. The Balaban J connectivity index is 1.88. The van der Waals surface area contributed by atoms with Crippen LogP contribution in [0.4, 0.5) is 0 Å². The summed E-state index contributed by atoms with van der Waals surface area (Å²) in [6.45, 7) is 1.90. The number of pyridine rings is 1. The summed E-state index contributed by atoms with van der Waals surface area (Å²) >= 11 is 5.79. The molecule has 0 aliphatic rings. The third-order valence-electron chi connectivity index (χ3n) is 3.22. The fourth-order valence-corrected chi connectivity index (χ4v) is 3.40. The van der Waals surface area contributed by atoms with Gasteiger partial charge in [-0.15, -0.1) is 0 Å². The lowest BCUT2D eigenvalue weighted by Crippen LogP contribution is -2.23. The van der Waals surface area contributed by atoms with E-state index < -0.39 is 10.0 Å². The largest absolute Gasteiger partial charge is 0.345 e. The van der Waals surface area contributed by atoms with Crippen molar-refractivity contribution in [3.8, 4) is 0 Å². The average molecular weight is 338 g/mol. The predicted octanol–water partition coefficient (Wildman–Crippen LogP) is 1.79. The maximum atomic E-state index is 12.4. The minimum absolute atomic E-state index is 0.114. The van der Waals surface area contributed by atoms with Crippen LogP contribution < -0.4 is 4.72 Å². The van der Waals surface area contributed by atoms with E-state index in [0.717, 1.165) is 5.56 Å². The van der Waals surface area contributed by atoms with Crippen molar-refractivity contribution in [3.05, 3.63) is 47.3 Å². The highest BCUT2D eigenvalue weighted by molar-refractivity contribution is 7.89. The molecule has 3 rings (SSSR count). The van der Waals surface area contributed by atoms with Crippen LogP contribution in [0.5, 0.6) is 0 Å². The zero-order chi connectivity index (χ0) is 15.7. The summed E-state index contributed by atoms with van der Waals surface area (Å²) in [5.74, 6) is 0. The van der Waals surface area contributed by atoms with Crippen molar-refractivity contribution >= 4 is 32.7 Å². The molecule has 3 aromatic heterocycles. The Labute approximate surface area is 131 Å². The summed E-state index contributed by atoms with van der Waals surface area (Å²) in [6, 6.07) is 3.36. The second kappa shape index (κ2) is 5.64. The standard InChI is InChI=1S/C13H12ClN5O2S/c1-8-9(2-3-12(14)19-8)4-18-22(20,21)11-6-16-13-10(11)5-15-7-17-13/h2-3,5-7,18H,4H2,1H3,(H,15,16,17). The molecule has 0 saturated carbocycles. The topological polar surface area (TPSA) is 101 Å². The number of nitrogens with one attached hydrogen (secondary N) is 2. The molecule has 0 aliphatic carbocycles. The second-order valence-electron chi connectivity index (χ2n) is 4.64. The van der Waals surface area contributed by atoms with Gasteiger partial charge >= 0.3 is 0 Å². The number of hydrogen-bond donors (Lipinski definition) is 2. The number of sulfonamides is 1. The molecule has 0 bridgehead atoms. The molecule has 0 saturated heterocycles. The zero-order valence-electron chi connectivity index (χ0n) is 11.5. The third-order valence-corrected chi connectivity index (χ3v) is 4.87. The normalized spacial score (nSPS) is 11.9. The van der Waals surface area contributed by atoms with E-state index >= 15 is 0 Å². The maximum absolute atomic E-state index is 12.4. The maximum Gasteiger partial charge on any atom is 0.243 e. The first-order chi connectivity index (χ1) is 10.5. The number of H-pyrrole nitrogens is 1. The Bertz CT molecular complexity index is 939. The van der Waals surface area contributed by atoms with E-state index in [2.05, 4.69) is 24.7 Å². The molecule has 0 amide bonds. The molecule has 9 heteroatoms. The van der Waals surface area contributed by atoms with Crippen molar-refractivity contribution in [1.29, 1.82) is 0 Å². The summed E-state index contributed by atoms with van der Waals surface area (Å²) in [6.07, 6.45) is 4.21. The fraction of sp³-hybridized carbons (Fsp3) is 0.154. The van der Waals surface area contributed by atoms with Crippen molar-refractivity contribution in [1.82, 2.24) is 24.7 Å². The molecule has 0 unspecified atom stereocenters. The van der Waals surface area contributed by atoms with Crippen LogP contribution >= 0.6 is 11.6 Å². The van der Waals surface area contributed by atoms with Gasteiger partial charge in [-0.1, -0.05) is 17.7 Å². The van der Waals surface area contributed by atoms with Crippen LogP contribution in [0.2, 0.25) is 5.15 Å². The number of halogens is 1. The van der Waals surface area contributed by atoms with Crippen molar-refractivity contribution < 1.29 is 8.42 Å². The Morgan fingerprint density at radius 3 is 2.95 bits per heavy atom. The van der Waals surface area contributed by atoms with Crippen LogP contribution in [0.15, 0.2) is 35.7 Å². The first kappa shape index (κ1) is 14.9. The summed E-state index contributed by atoms with van der Waals surface area (Å²) in [7, 11) is -3.69. The lowest BCUT2D eigenvalue weighted by atomic mass is 10.2. The number of fused-ring (bicyclic) bond motifs is 1. The number of aromatic nitrogens is 4. The second-order valence-corrected chi connectivity index (χ2v) is 6.76. The van der Waals surface area contributed by atoms with E-state index in [4.69, 9.17) is 11.6 Å². The van der Waals surface area contributed by atoms with Crippen LogP contribution in [0.25, 0.3) is 11.0 Å². The predicted molar refractivity (Wildman–Crippen MR) is 81.9 cm³/mol. The van der Waals surface area contributed by atoms with Gasteiger partial charge in [0.25, 0.3) is 0 Å². The molecule has 22 heavy (non-hydrogen) atoms. The molecule has 0 radical (unpaired) electrons. The smallest absolute Gasteiger partial charge is 0.243 e. The van der Waals surface area contributed by atoms with Gasteiger partial charge < -0.3 is 4.98 Å². The average Bonchev–Trinajstić information content (AvgIpc) is 2.91. The summed E-state index contributed by atoms with van der Waals surface area (Å²) in [5, 5.41) is 0.818. The number of aryl methyl sites for hydroxylation is 1. The van der Waals surface area contributed by atoms with Crippen LogP contribution in [0, 0.1) is 6.92 Å². The molecule has 0 aromatic carbocycles. The van der Waals surface area contributed by atoms with E-state index in [1.807, 2.05) is 0 Å². The molecule has 0 aliphatic heterocycles. The Morgan fingerprint density at radius 1 is 1.36 bits per heavy atom. The van der Waals surface area contributed by atoms with Crippen LogP contribution in [0.3, 0.4) is 0 Å². The van der Waals surface area contributed by atoms with Gasteiger partial charge in [-0.3, -0.25) is 0 Å². The lowest BCUT2D eigenvalue weighted by Gasteiger charge is -2.08. The monoisotopic (exact) mass is 337 g/mol. The van der Waals surface area contributed by atoms with Crippen LogP contribution in [-0.2, 0) is 16.6 Å². The van der Waals surface area contributed by atoms with E-state index in [0.29, 0.717) is 21.9 Å². The molecular weight excluding hydrogens is 326 g/mol. The van der Waals surface area contributed by atoms with Crippen LogP contribution in [0.1, 0.15) is 11.3 Å². The molecule has 7 nitrogen and oxygen atoms in total. The molecule has 2 N–H and O–H groups in total. The van der Waals surface area contributed by atoms with Gasteiger partial charge in [0.15, 0.2) is 0 Å². The SMILES string of the molecule is Cc1nc(Cl)ccc1CNS(=O)(=O)c1c[nH]c2ncncc12. The summed E-state index contributed by atoms with van der Waals surface area (Å²) in [5.41, 5.74) is 1.90. The van der Waals surface area contributed by atoms with E-state index in [-0.39, 0.29) is 11.4 Å². The first-order valence-corrected chi connectivity index (χ1v) is 8.22. The van der Waals surface area contributed by atoms with Gasteiger partial charge in [0.05, 0.1) is 5.39 Å². The van der Waals surface area contributed by atoms with E-state index in [1.165, 1.54) is 18.7 Å². The lowest BCUT2D eigenvalue weighted by molar-refractivity contribution is 0.582. The molecule has 114 valence electrons. The Morgan fingerprint density at radius 2 is 2.18 bits per heavy atom. The van der Waals surface area contributed by atoms with Crippen molar-refractivity contribution in [2.75, 3.05) is 0 Å². The highest BCUT2D eigenvalue weighted by atomic mass is 35.5. The molecule has 3 heterocycles. The number of rotatable bonds is 4. The van der Waals surface area contributed by atoms with Crippen molar-refractivity contribution in [2.45, 2.75) is 18.4 Å². The molecule has 3 aromatic rings. The molecule has 0 fully saturated rings. The third kappa shape index (κ3) is 2.80. The van der Waals surface area contributed by atoms with Crippen molar-refractivity contribution in [2.24, 2.45) is 0 Å². The molecule has 0 atom stereocenters. The fourth-order valence-electron chi connectivity index (χ4n) is 2.06. The minimum atomic E-state index is -3.69. The summed E-state index contributed by atoms with van der Waals surface area (Å²) in [4.78, 5) is 14.8. The van der Waals surface area contributed by atoms with Gasteiger partial charge in [0.1, 0.15) is 22.0 Å². The summed E-state index contributed by atoms with van der Waals surface area (Å²) < 4.78 is 27.4. The molecule has 0 spiro atoms. The quantitative estimate of drug-likeness (QED) is 0.707. The number of aromatic amines is 1. The highest BCUT2D eigenvalue weighted by Crippen LogP contribution is 2.20. The Kier molecular flexibility index (Phi) is 3.81. The van der Waals surface area contributed by atoms with Gasteiger partial charge in [0, 0.05) is 24.6 Å². The van der Waals surface area contributed by atoms with Gasteiger partial charge in [0.2, 0.25) is 10.0 Å².